The van der Waals surface area contributed by atoms with Crippen LogP contribution in [0, 0.1) is 0 Å². The van der Waals surface area contributed by atoms with Gasteiger partial charge in [0.25, 0.3) is 0 Å². The Labute approximate surface area is 84.4 Å². The molecule has 0 spiro atoms. The number of nitrogens with one attached hydrogen (secondary N) is 1. The Kier molecular flexibility index (Phi) is 2.33. The molecule has 1 aromatic carbocycles. The van der Waals surface area contributed by atoms with Gasteiger partial charge in [-0.15, -0.1) is 0 Å². The minimum atomic E-state index is 0.105. The van der Waals surface area contributed by atoms with Crippen LogP contribution in [0.4, 0.5) is 11.4 Å². The lowest BCUT2D eigenvalue weighted by atomic mass is 10.1. The van der Waals surface area contributed by atoms with Crippen molar-refractivity contribution in [3.05, 3.63) is 23.8 Å². The van der Waals surface area contributed by atoms with Crippen molar-refractivity contribution in [1.29, 1.82) is 0 Å². The molecule has 1 aromatic rings. The molecule has 0 saturated heterocycles. The smallest absolute Gasteiger partial charge is 0.0682 e. The number of benzene rings is 1. The summed E-state index contributed by atoms with van der Waals surface area (Å²) >= 11 is 0. The number of rotatable bonds is 1. The fourth-order valence-electron chi connectivity index (χ4n) is 1.76. The van der Waals surface area contributed by atoms with Gasteiger partial charge in [0.15, 0.2) is 0 Å². The highest BCUT2D eigenvalue weighted by Crippen LogP contribution is 2.30. The number of hydrogen-bond acceptors (Lipinski definition) is 3. The quantitative estimate of drug-likeness (QED) is 0.706. The second-order valence-corrected chi connectivity index (χ2v) is 3.85. The summed E-state index contributed by atoms with van der Waals surface area (Å²) in [5.74, 6) is 0. The molecule has 0 aliphatic carbocycles. The Balaban J connectivity index is 2.38. The third kappa shape index (κ3) is 1.44. The van der Waals surface area contributed by atoms with Crippen molar-refractivity contribution in [3.63, 3.8) is 0 Å². The predicted octanol–water partition coefficient (Wildman–Crippen LogP) is 1.43. The first-order valence-electron chi connectivity index (χ1n) is 4.93. The van der Waals surface area contributed by atoms with Crippen LogP contribution in [0.1, 0.15) is 12.5 Å². The molecule has 0 bridgehead atoms. The third-order valence-corrected chi connectivity index (χ3v) is 2.87. The molecule has 0 saturated carbocycles. The molecule has 14 heavy (non-hydrogen) atoms. The maximum absolute atomic E-state index is 9.02. The van der Waals surface area contributed by atoms with Crippen LogP contribution in [0.3, 0.4) is 0 Å². The zero-order valence-electron chi connectivity index (χ0n) is 8.62. The van der Waals surface area contributed by atoms with E-state index in [0.717, 1.165) is 17.8 Å². The van der Waals surface area contributed by atoms with Crippen LogP contribution in [-0.4, -0.2) is 24.7 Å². The number of hydrogen-bond donors (Lipinski definition) is 2. The van der Waals surface area contributed by atoms with Crippen molar-refractivity contribution in [3.8, 4) is 0 Å². The Bertz CT molecular complexity index is 338. The summed E-state index contributed by atoms with van der Waals surface area (Å²) in [7, 11) is 2.10. The maximum atomic E-state index is 9.02. The first-order chi connectivity index (χ1) is 6.72. The number of likely N-dealkylation sites (N-methyl/N-ethyl adjacent to an activating group) is 1. The minimum Gasteiger partial charge on any atom is -0.392 e. The van der Waals surface area contributed by atoms with E-state index in [-0.39, 0.29) is 6.61 Å². The number of aliphatic hydroxyl groups excluding tert-OH is 1. The molecule has 3 nitrogen and oxygen atoms in total. The van der Waals surface area contributed by atoms with Crippen molar-refractivity contribution >= 4 is 11.4 Å². The minimum absolute atomic E-state index is 0.105. The van der Waals surface area contributed by atoms with Gasteiger partial charge in [-0.25, -0.2) is 0 Å². The summed E-state index contributed by atoms with van der Waals surface area (Å²) in [4.78, 5) is 2.26. The average molecular weight is 192 g/mol. The van der Waals surface area contributed by atoms with Gasteiger partial charge < -0.3 is 15.3 Å². The van der Waals surface area contributed by atoms with Crippen LogP contribution in [0.2, 0.25) is 0 Å². The molecule has 2 N–H and O–H groups in total. The summed E-state index contributed by atoms with van der Waals surface area (Å²) in [6.45, 7) is 3.25. The van der Waals surface area contributed by atoms with E-state index in [0.29, 0.717) is 6.04 Å². The number of fused-ring (bicyclic) bond motifs is 1. The summed E-state index contributed by atoms with van der Waals surface area (Å²) in [6.07, 6.45) is 0. The Morgan fingerprint density at radius 1 is 1.57 bits per heavy atom. The van der Waals surface area contributed by atoms with E-state index in [4.69, 9.17) is 5.11 Å². The van der Waals surface area contributed by atoms with Gasteiger partial charge in [-0.2, -0.15) is 0 Å². The molecule has 3 heteroatoms. The second kappa shape index (κ2) is 3.50. The van der Waals surface area contributed by atoms with Gasteiger partial charge in [-0.05, 0) is 24.6 Å². The van der Waals surface area contributed by atoms with Gasteiger partial charge in [-0.1, -0.05) is 6.07 Å². The van der Waals surface area contributed by atoms with E-state index in [1.807, 2.05) is 12.1 Å². The van der Waals surface area contributed by atoms with Crippen molar-refractivity contribution in [2.45, 2.75) is 19.6 Å². The Morgan fingerprint density at radius 3 is 3.07 bits per heavy atom. The first kappa shape index (κ1) is 9.34. The highest BCUT2D eigenvalue weighted by Gasteiger charge is 2.18. The fourth-order valence-corrected chi connectivity index (χ4v) is 1.76. The average Bonchev–Trinajstić information content (AvgIpc) is 2.23. The van der Waals surface area contributed by atoms with Crippen LogP contribution in [-0.2, 0) is 6.61 Å². The van der Waals surface area contributed by atoms with Gasteiger partial charge in [0.2, 0.25) is 0 Å². The van der Waals surface area contributed by atoms with Crippen molar-refractivity contribution in [1.82, 2.24) is 0 Å². The van der Waals surface area contributed by atoms with E-state index in [2.05, 4.69) is 30.3 Å². The number of aliphatic hydroxyl groups is 1. The number of anilines is 2. The molecular formula is C11H16N2O. The van der Waals surface area contributed by atoms with Gasteiger partial charge in [-0.3, -0.25) is 0 Å². The summed E-state index contributed by atoms with van der Waals surface area (Å²) in [5.41, 5.74) is 3.29. The third-order valence-electron chi connectivity index (χ3n) is 2.87. The molecule has 0 radical (unpaired) electrons. The summed E-state index contributed by atoms with van der Waals surface area (Å²) < 4.78 is 0. The first-order valence-corrected chi connectivity index (χ1v) is 4.93. The van der Waals surface area contributed by atoms with Crippen LogP contribution < -0.4 is 10.2 Å². The largest absolute Gasteiger partial charge is 0.392 e. The van der Waals surface area contributed by atoms with Gasteiger partial charge in [0.1, 0.15) is 0 Å². The predicted molar refractivity (Wildman–Crippen MR) is 58.7 cm³/mol. The molecule has 1 unspecified atom stereocenters. The highest BCUT2D eigenvalue weighted by molar-refractivity contribution is 5.73. The molecule has 76 valence electrons. The van der Waals surface area contributed by atoms with Gasteiger partial charge >= 0.3 is 0 Å². The Morgan fingerprint density at radius 2 is 2.36 bits per heavy atom. The zero-order valence-corrected chi connectivity index (χ0v) is 8.62. The zero-order chi connectivity index (χ0) is 10.1. The molecule has 0 aromatic heterocycles. The number of nitrogens with zero attached hydrogens (tertiary/aromatic N) is 1. The molecule has 0 amide bonds. The van der Waals surface area contributed by atoms with Crippen molar-refractivity contribution in [2.24, 2.45) is 0 Å². The maximum Gasteiger partial charge on any atom is 0.0682 e. The molecule has 2 rings (SSSR count). The second-order valence-electron chi connectivity index (χ2n) is 3.85. The molecule has 1 heterocycles. The molecular weight excluding hydrogens is 176 g/mol. The topological polar surface area (TPSA) is 35.5 Å². The monoisotopic (exact) mass is 192 g/mol. The lowest BCUT2D eigenvalue weighted by molar-refractivity contribution is 0.282. The fraction of sp³-hybridized carbons (Fsp3) is 0.455. The lowest BCUT2D eigenvalue weighted by Gasteiger charge is -2.34. The SMILES string of the molecule is CC1CNc2cc(CO)ccc2N1C. The normalized spacial score (nSPS) is 20.2. The highest BCUT2D eigenvalue weighted by atomic mass is 16.3. The van der Waals surface area contributed by atoms with E-state index >= 15 is 0 Å². The summed E-state index contributed by atoms with van der Waals surface area (Å²) in [6, 6.07) is 6.55. The van der Waals surface area contributed by atoms with Gasteiger partial charge in [0.05, 0.1) is 18.0 Å². The molecule has 0 fully saturated rings. The summed E-state index contributed by atoms with van der Waals surface area (Å²) in [5, 5.41) is 12.4. The molecule has 1 atom stereocenters. The van der Waals surface area contributed by atoms with E-state index in [1.54, 1.807) is 0 Å². The molecule has 1 aliphatic heterocycles. The van der Waals surface area contributed by atoms with E-state index in [9.17, 15) is 0 Å². The van der Waals surface area contributed by atoms with Crippen LogP contribution >= 0.6 is 0 Å². The van der Waals surface area contributed by atoms with Crippen LogP contribution in [0.15, 0.2) is 18.2 Å². The van der Waals surface area contributed by atoms with Crippen LogP contribution in [0.5, 0.6) is 0 Å². The van der Waals surface area contributed by atoms with E-state index < -0.39 is 0 Å². The Hall–Kier alpha value is -1.22. The van der Waals surface area contributed by atoms with Crippen molar-refractivity contribution < 1.29 is 5.11 Å². The standard InChI is InChI=1S/C11H16N2O/c1-8-6-12-10-5-9(7-14)3-4-11(10)13(8)2/h3-5,8,12,14H,6-7H2,1-2H3. The lowest BCUT2D eigenvalue weighted by Crippen LogP contribution is -2.39. The van der Waals surface area contributed by atoms with Crippen LogP contribution in [0.25, 0.3) is 0 Å². The molecule has 1 aliphatic rings. The van der Waals surface area contributed by atoms with E-state index in [1.165, 1.54) is 5.69 Å². The van der Waals surface area contributed by atoms with Crippen molar-refractivity contribution in [2.75, 3.05) is 23.8 Å². The van der Waals surface area contributed by atoms with Gasteiger partial charge in [0, 0.05) is 19.6 Å².